The predicted molar refractivity (Wildman–Crippen MR) is 116 cm³/mol. The minimum absolute atomic E-state index is 0.0116. The lowest BCUT2D eigenvalue weighted by atomic mass is 9.89. The molecular weight excluding hydrogens is 404 g/mol. The van der Waals surface area contributed by atoms with Gasteiger partial charge in [0.05, 0.1) is 30.4 Å². The van der Waals surface area contributed by atoms with Crippen LogP contribution in [0.5, 0.6) is 11.5 Å². The second kappa shape index (κ2) is 9.84. The van der Waals surface area contributed by atoms with Crippen molar-refractivity contribution in [2.75, 3.05) is 25.5 Å². The standard InChI is InChI=1S/C22H28N2O5S/c1-28-20-13-12-17(14-21(20)29-2)30(26,27)24-19-11-7-6-10-18(19)22(25)23-15-16-8-4-3-5-9-16/h6-7,10-14,16,24H,3-5,8-9,15H2,1-2H3,(H,23,25). The van der Waals surface area contributed by atoms with Gasteiger partial charge in [0.1, 0.15) is 0 Å². The van der Waals surface area contributed by atoms with Crippen molar-refractivity contribution in [1.29, 1.82) is 0 Å². The van der Waals surface area contributed by atoms with Gasteiger partial charge in [-0.05, 0) is 43.0 Å². The van der Waals surface area contributed by atoms with Crippen LogP contribution in [0.25, 0.3) is 0 Å². The maximum absolute atomic E-state index is 12.9. The van der Waals surface area contributed by atoms with Crippen LogP contribution in [0.15, 0.2) is 47.4 Å². The monoisotopic (exact) mass is 432 g/mol. The minimum atomic E-state index is -3.93. The summed E-state index contributed by atoms with van der Waals surface area (Å²) in [5, 5.41) is 2.96. The number of anilines is 1. The molecule has 1 aliphatic rings. The van der Waals surface area contributed by atoms with E-state index in [4.69, 9.17) is 9.47 Å². The van der Waals surface area contributed by atoms with Gasteiger partial charge in [-0.3, -0.25) is 9.52 Å². The maximum Gasteiger partial charge on any atom is 0.262 e. The van der Waals surface area contributed by atoms with Crippen molar-refractivity contribution in [2.24, 2.45) is 5.92 Å². The van der Waals surface area contributed by atoms with E-state index < -0.39 is 10.0 Å². The Morgan fingerprint density at radius 1 is 1.00 bits per heavy atom. The van der Waals surface area contributed by atoms with Crippen molar-refractivity contribution >= 4 is 21.6 Å². The first kappa shape index (κ1) is 22.0. The summed E-state index contributed by atoms with van der Waals surface area (Å²) in [4.78, 5) is 12.7. The van der Waals surface area contributed by atoms with Crippen molar-refractivity contribution in [3.05, 3.63) is 48.0 Å². The number of nitrogens with one attached hydrogen (secondary N) is 2. The highest BCUT2D eigenvalue weighted by Gasteiger charge is 2.21. The Morgan fingerprint density at radius 3 is 2.40 bits per heavy atom. The molecular formula is C22H28N2O5S. The van der Waals surface area contributed by atoms with Crippen LogP contribution in [0.1, 0.15) is 42.5 Å². The summed E-state index contributed by atoms with van der Waals surface area (Å²) in [6.45, 7) is 0.607. The fraction of sp³-hybridized carbons (Fsp3) is 0.409. The Morgan fingerprint density at radius 2 is 1.70 bits per heavy atom. The zero-order valence-corrected chi connectivity index (χ0v) is 18.1. The molecule has 0 saturated heterocycles. The molecule has 0 spiro atoms. The highest BCUT2D eigenvalue weighted by Crippen LogP contribution is 2.30. The van der Waals surface area contributed by atoms with Crippen LogP contribution in [0.4, 0.5) is 5.69 Å². The van der Waals surface area contributed by atoms with Crippen LogP contribution in [-0.2, 0) is 10.0 Å². The maximum atomic E-state index is 12.9. The molecule has 162 valence electrons. The molecule has 1 aliphatic carbocycles. The summed E-state index contributed by atoms with van der Waals surface area (Å²) in [7, 11) is -1.01. The number of hydrogen-bond acceptors (Lipinski definition) is 5. The molecule has 1 saturated carbocycles. The fourth-order valence-corrected chi connectivity index (χ4v) is 4.78. The van der Waals surface area contributed by atoms with Gasteiger partial charge in [0.15, 0.2) is 11.5 Å². The summed E-state index contributed by atoms with van der Waals surface area (Å²) in [6, 6.07) is 10.9. The molecule has 30 heavy (non-hydrogen) atoms. The summed E-state index contributed by atoms with van der Waals surface area (Å²) in [6.07, 6.45) is 5.89. The number of ether oxygens (including phenoxy) is 2. The third kappa shape index (κ3) is 5.24. The van der Waals surface area contributed by atoms with E-state index in [1.165, 1.54) is 51.7 Å². The second-order valence-corrected chi connectivity index (χ2v) is 9.06. The Bertz CT molecular complexity index is 985. The predicted octanol–water partition coefficient (Wildman–Crippen LogP) is 3.81. The molecule has 7 nitrogen and oxygen atoms in total. The molecule has 0 heterocycles. The van der Waals surface area contributed by atoms with Crippen molar-refractivity contribution < 1.29 is 22.7 Å². The molecule has 2 aromatic carbocycles. The molecule has 0 aliphatic heterocycles. The normalized spacial score (nSPS) is 14.7. The Hall–Kier alpha value is -2.74. The summed E-state index contributed by atoms with van der Waals surface area (Å²) < 4.78 is 38.7. The molecule has 8 heteroatoms. The van der Waals surface area contributed by atoms with E-state index in [1.807, 2.05) is 0 Å². The van der Waals surface area contributed by atoms with Crippen LogP contribution in [0.2, 0.25) is 0 Å². The first-order chi connectivity index (χ1) is 14.4. The molecule has 2 aromatic rings. The Kier molecular flexibility index (Phi) is 7.20. The Balaban J connectivity index is 1.77. The van der Waals surface area contributed by atoms with Gasteiger partial charge in [-0.25, -0.2) is 8.42 Å². The van der Waals surface area contributed by atoms with Crippen LogP contribution in [0, 0.1) is 5.92 Å². The lowest BCUT2D eigenvalue weighted by molar-refractivity contribution is 0.0944. The Labute approximate surface area is 177 Å². The van der Waals surface area contributed by atoms with Crippen molar-refractivity contribution in [3.8, 4) is 11.5 Å². The molecule has 0 radical (unpaired) electrons. The van der Waals surface area contributed by atoms with Gasteiger partial charge in [-0.1, -0.05) is 31.4 Å². The van der Waals surface area contributed by atoms with E-state index in [2.05, 4.69) is 10.0 Å². The number of carbonyl (C=O) groups is 1. The van der Waals surface area contributed by atoms with Gasteiger partial charge in [-0.2, -0.15) is 0 Å². The van der Waals surface area contributed by atoms with Gasteiger partial charge in [0, 0.05) is 12.6 Å². The van der Waals surface area contributed by atoms with Gasteiger partial charge in [0.2, 0.25) is 0 Å². The lowest BCUT2D eigenvalue weighted by Gasteiger charge is -2.22. The van der Waals surface area contributed by atoms with Gasteiger partial charge in [0.25, 0.3) is 15.9 Å². The molecule has 0 unspecified atom stereocenters. The molecule has 0 atom stereocenters. The highest BCUT2D eigenvalue weighted by molar-refractivity contribution is 7.92. The van der Waals surface area contributed by atoms with Crippen molar-refractivity contribution in [1.82, 2.24) is 5.32 Å². The fourth-order valence-electron chi connectivity index (χ4n) is 3.68. The summed E-state index contributed by atoms with van der Waals surface area (Å²) in [5.41, 5.74) is 0.519. The third-order valence-corrected chi connectivity index (χ3v) is 6.72. The molecule has 2 N–H and O–H groups in total. The number of sulfonamides is 1. The van der Waals surface area contributed by atoms with E-state index in [0.29, 0.717) is 24.0 Å². The number of carbonyl (C=O) groups excluding carboxylic acids is 1. The van der Waals surface area contributed by atoms with Crippen molar-refractivity contribution in [2.45, 2.75) is 37.0 Å². The number of hydrogen-bond donors (Lipinski definition) is 2. The largest absolute Gasteiger partial charge is 0.493 e. The molecule has 1 fully saturated rings. The zero-order valence-electron chi connectivity index (χ0n) is 17.3. The number of amides is 1. The number of benzene rings is 2. The average Bonchev–Trinajstić information content (AvgIpc) is 2.77. The van der Waals surface area contributed by atoms with E-state index in [1.54, 1.807) is 24.3 Å². The minimum Gasteiger partial charge on any atom is -0.493 e. The van der Waals surface area contributed by atoms with Crippen LogP contribution >= 0.6 is 0 Å². The topological polar surface area (TPSA) is 93.7 Å². The van der Waals surface area contributed by atoms with Crippen LogP contribution < -0.4 is 19.5 Å². The smallest absolute Gasteiger partial charge is 0.262 e. The average molecular weight is 433 g/mol. The quantitative estimate of drug-likeness (QED) is 0.661. The zero-order chi connectivity index (χ0) is 21.6. The third-order valence-electron chi connectivity index (χ3n) is 5.36. The lowest BCUT2D eigenvalue weighted by Crippen LogP contribution is -2.31. The van der Waals surface area contributed by atoms with E-state index in [-0.39, 0.29) is 22.1 Å². The SMILES string of the molecule is COc1ccc(S(=O)(=O)Nc2ccccc2C(=O)NCC2CCCCC2)cc1OC. The number of rotatable bonds is 8. The van der Waals surface area contributed by atoms with Crippen molar-refractivity contribution in [3.63, 3.8) is 0 Å². The molecule has 0 bridgehead atoms. The van der Waals surface area contributed by atoms with Crippen LogP contribution in [-0.4, -0.2) is 35.1 Å². The number of para-hydroxylation sites is 1. The second-order valence-electron chi connectivity index (χ2n) is 7.38. The highest BCUT2D eigenvalue weighted by atomic mass is 32.2. The van der Waals surface area contributed by atoms with E-state index in [9.17, 15) is 13.2 Å². The van der Waals surface area contributed by atoms with Crippen LogP contribution in [0.3, 0.4) is 0 Å². The van der Waals surface area contributed by atoms with E-state index in [0.717, 1.165) is 12.8 Å². The first-order valence-electron chi connectivity index (χ1n) is 10.1. The summed E-state index contributed by atoms with van der Waals surface area (Å²) >= 11 is 0. The number of methoxy groups -OCH3 is 2. The first-order valence-corrected chi connectivity index (χ1v) is 11.5. The molecule has 1 amide bonds. The molecule has 3 rings (SSSR count). The van der Waals surface area contributed by atoms with E-state index >= 15 is 0 Å². The summed E-state index contributed by atoms with van der Waals surface area (Å²) in [5.74, 6) is 0.933. The van der Waals surface area contributed by atoms with Gasteiger partial charge in [-0.15, -0.1) is 0 Å². The van der Waals surface area contributed by atoms with Gasteiger partial charge >= 0.3 is 0 Å². The molecule has 0 aromatic heterocycles. The van der Waals surface area contributed by atoms with Gasteiger partial charge < -0.3 is 14.8 Å².